The summed E-state index contributed by atoms with van der Waals surface area (Å²) in [4.78, 5) is 3.99. The Morgan fingerprint density at radius 1 is 1.33 bits per heavy atom. The van der Waals surface area contributed by atoms with E-state index in [1.165, 1.54) is 6.26 Å². The zero-order valence-electron chi connectivity index (χ0n) is 10.8. The summed E-state index contributed by atoms with van der Waals surface area (Å²) in [6.07, 6.45) is 4.53. The fourth-order valence-electron chi connectivity index (χ4n) is 1.37. The van der Waals surface area contributed by atoms with Crippen LogP contribution in [0.2, 0.25) is 0 Å². The third kappa shape index (κ3) is 6.13. The number of aryl methyl sites for hydroxylation is 1. The minimum atomic E-state index is -2.96. The van der Waals surface area contributed by atoms with Gasteiger partial charge in [0.2, 0.25) is 0 Å². The molecule has 0 aliphatic rings. The van der Waals surface area contributed by atoms with E-state index >= 15 is 0 Å². The first kappa shape index (κ1) is 15.1. The van der Waals surface area contributed by atoms with Crippen molar-refractivity contribution in [1.82, 2.24) is 9.55 Å². The molecule has 0 N–H and O–H groups in total. The van der Waals surface area contributed by atoms with E-state index in [1.807, 2.05) is 6.92 Å². The van der Waals surface area contributed by atoms with Crippen LogP contribution in [-0.2, 0) is 32.5 Å². The van der Waals surface area contributed by atoms with Crippen LogP contribution in [0.3, 0.4) is 0 Å². The second-order valence-electron chi connectivity index (χ2n) is 3.96. The van der Waals surface area contributed by atoms with Gasteiger partial charge in [-0.25, -0.2) is 13.4 Å². The van der Waals surface area contributed by atoms with Crippen molar-refractivity contribution in [2.75, 3.05) is 31.8 Å². The lowest BCUT2D eigenvalue weighted by Gasteiger charge is -2.08. The Balaban J connectivity index is 2.35. The molecule has 0 saturated carbocycles. The molecule has 1 aromatic heterocycles. The highest BCUT2D eigenvalue weighted by Gasteiger charge is 2.06. The van der Waals surface area contributed by atoms with Crippen LogP contribution < -0.4 is 0 Å². The van der Waals surface area contributed by atoms with E-state index in [-0.39, 0.29) is 5.75 Å². The zero-order chi connectivity index (χ0) is 13.4. The molecule has 0 unspecified atom stereocenters. The Kier molecular flexibility index (Phi) is 6.31. The number of sulfone groups is 1. The highest BCUT2D eigenvalue weighted by molar-refractivity contribution is 7.90. The maximum atomic E-state index is 11.1. The van der Waals surface area contributed by atoms with Crippen LogP contribution in [0.15, 0.2) is 12.5 Å². The number of imidazole rings is 1. The van der Waals surface area contributed by atoms with Gasteiger partial charge in [0.25, 0.3) is 0 Å². The summed E-state index contributed by atoms with van der Waals surface area (Å²) in [5.74, 6) is 0.106. The van der Waals surface area contributed by atoms with Gasteiger partial charge in [-0.15, -0.1) is 0 Å². The van der Waals surface area contributed by atoms with E-state index in [4.69, 9.17) is 9.47 Å². The van der Waals surface area contributed by atoms with Gasteiger partial charge >= 0.3 is 0 Å². The topological polar surface area (TPSA) is 70.4 Å². The third-order valence-electron chi connectivity index (χ3n) is 2.33. The second-order valence-corrected chi connectivity index (χ2v) is 6.22. The fraction of sp³-hybridized carbons (Fsp3) is 0.727. The van der Waals surface area contributed by atoms with Crippen LogP contribution in [0.25, 0.3) is 0 Å². The molecule has 1 heterocycles. The molecule has 6 nitrogen and oxygen atoms in total. The molecule has 0 saturated heterocycles. The van der Waals surface area contributed by atoms with Gasteiger partial charge in [0, 0.05) is 19.4 Å². The average molecular weight is 276 g/mol. The van der Waals surface area contributed by atoms with E-state index in [2.05, 4.69) is 4.98 Å². The Bertz CT molecular complexity index is 442. The minimum Gasteiger partial charge on any atom is -0.379 e. The van der Waals surface area contributed by atoms with E-state index < -0.39 is 9.84 Å². The summed E-state index contributed by atoms with van der Waals surface area (Å²) in [5, 5.41) is 0. The predicted molar refractivity (Wildman–Crippen MR) is 68.1 cm³/mol. The first-order valence-corrected chi connectivity index (χ1v) is 7.91. The van der Waals surface area contributed by atoms with Gasteiger partial charge in [-0.05, 0) is 6.92 Å². The van der Waals surface area contributed by atoms with Crippen LogP contribution in [0.4, 0.5) is 0 Å². The molecule has 104 valence electrons. The first-order chi connectivity index (χ1) is 8.53. The lowest BCUT2D eigenvalue weighted by Crippen LogP contribution is -2.13. The van der Waals surface area contributed by atoms with Crippen molar-refractivity contribution in [3.05, 3.63) is 18.2 Å². The molecular weight excluding hydrogens is 256 g/mol. The molecule has 0 radical (unpaired) electrons. The van der Waals surface area contributed by atoms with Gasteiger partial charge in [0.15, 0.2) is 0 Å². The summed E-state index contributed by atoms with van der Waals surface area (Å²) in [5.41, 5.74) is 0.871. The molecule has 0 bridgehead atoms. The summed E-state index contributed by atoms with van der Waals surface area (Å²) in [6, 6.07) is 0. The standard InChI is InChI=1S/C11H20N2O4S/c1-3-16-5-6-17-9-11-8-12-10-13(11)4-7-18(2,14)15/h8,10H,3-7,9H2,1-2H3. The Morgan fingerprint density at radius 3 is 2.72 bits per heavy atom. The largest absolute Gasteiger partial charge is 0.379 e. The highest BCUT2D eigenvalue weighted by atomic mass is 32.2. The van der Waals surface area contributed by atoms with Crippen molar-refractivity contribution < 1.29 is 17.9 Å². The van der Waals surface area contributed by atoms with Gasteiger partial charge < -0.3 is 14.0 Å². The van der Waals surface area contributed by atoms with E-state index in [0.717, 1.165) is 5.69 Å². The van der Waals surface area contributed by atoms with E-state index in [0.29, 0.717) is 33.0 Å². The van der Waals surface area contributed by atoms with Crippen LogP contribution in [0, 0.1) is 0 Å². The summed E-state index contributed by atoms with van der Waals surface area (Å²) < 4.78 is 34.5. The first-order valence-electron chi connectivity index (χ1n) is 5.85. The number of hydrogen-bond donors (Lipinski definition) is 0. The molecule has 1 rings (SSSR count). The van der Waals surface area contributed by atoms with Gasteiger partial charge in [-0.1, -0.05) is 0 Å². The molecule has 0 fully saturated rings. The third-order valence-corrected chi connectivity index (χ3v) is 3.25. The number of rotatable bonds is 9. The van der Waals surface area contributed by atoms with Crippen LogP contribution in [0.1, 0.15) is 12.6 Å². The molecule has 0 amide bonds. The maximum Gasteiger partial charge on any atom is 0.149 e. The van der Waals surface area contributed by atoms with Crippen molar-refractivity contribution >= 4 is 9.84 Å². The molecule has 0 spiro atoms. The van der Waals surface area contributed by atoms with Crippen LogP contribution in [-0.4, -0.2) is 49.8 Å². The molecule has 18 heavy (non-hydrogen) atoms. The van der Waals surface area contributed by atoms with Gasteiger partial charge in [0.1, 0.15) is 9.84 Å². The van der Waals surface area contributed by atoms with Crippen LogP contribution in [0.5, 0.6) is 0 Å². The SMILES string of the molecule is CCOCCOCc1cncn1CCS(C)(=O)=O. The number of ether oxygens (including phenoxy) is 2. The smallest absolute Gasteiger partial charge is 0.149 e. The van der Waals surface area contributed by atoms with E-state index in [1.54, 1.807) is 17.1 Å². The number of hydrogen-bond acceptors (Lipinski definition) is 5. The Labute approximate surface area is 108 Å². The van der Waals surface area contributed by atoms with Crippen molar-refractivity contribution in [2.24, 2.45) is 0 Å². The molecule has 0 aliphatic heterocycles. The van der Waals surface area contributed by atoms with Crippen molar-refractivity contribution in [3.8, 4) is 0 Å². The molecule has 0 aromatic carbocycles. The molecule has 0 aliphatic carbocycles. The van der Waals surface area contributed by atoms with Crippen LogP contribution >= 0.6 is 0 Å². The molecule has 1 aromatic rings. The summed E-state index contributed by atoms with van der Waals surface area (Å²) >= 11 is 0. The van der Waals surface area contributed by atoms with Gasteiger partial charge in [-0.3, -0.25) is 0 Å². The number of nitrogens with zero attached hydrogens (tertiary/aromatic N) is 2. The van der Waals surface area contributed by atoms with Crippen molar-refractivity contribution in [3.63, 3.8) is 0 Å². The normalized spacial score (nSPS) is 11.9. The highest BCUT2D eigenvalue weighted by Crippen LogP contribution is 2.02. The van der Waals surface area contributed by atoms with Crippen molar-refractivity contribution in [2.45, 2.75) is 20.1 Å². The lowest BCUT2D eigenvalue weighted by molar-refractivity contribution is 0.0431. The monoisotopic (exact) mass is 276 g/mol. The molecular formula is C11H20N2O4S. The fourth-order valence-corrected chi connectivity index (χ4v) is 1.90. The number of aromatic nitrogens is 2. The Hall–Kier alpha value is -0.920. The average Bonchev–Trinajstić information content (AvgIpc) is 2.73. The quantitative estimate of drug-likeness (QED) is 0.614. The Morgan fingerprint density at radius 2 is 2.06 bits per heavy atom. The minimum absolute atomic E-state index is 0.106. The van der Waals surface area contributed by atoms with Gasteiger partial charge in [0.05, 0.1) is 43.8 Å². The summed E-state index contributed by atoms with van der Waals surface area (Å²) in [7, 11) is -2.96. The molecule has 0 atom stereocenters. The predicted octanol–water partition coefficient (Wildman–Crippen LogP) is 0.481. The maximum absolute atomic E-state index is 11.1. The lowest BCUT2D eigenvalue weighted by atomic mass is 10.5. The van der Waals surface area contributed by atoms with E-state index in [9.17, 15) is 8.42 Å². The molecule has 7 heteroatoms. The summed E-state index contributed by atoms with van der Waals surface area (Å²) in [6.45, 7) is 4.51. The van der Waals surface area contributed by atoms with Crippen molar-refractivity contribution in [1.29, 1.82) is 0 Å². The second kappa shape index (κ2) is 7.50. The van der Waals surface area contributed by atoms with Gasteiger partial charge in [-0.2, -0.15) is 0 Å². The zero-order valence-corrected chi connectivity index (χ0v) is 11.6.